The molecule has 1 aromatic carbocycles. The Morgan fingerprint density at radius 2 is 1.94 bits per heavy atom. The molecule has 31 heavy (non-hydrogen) atoms. The number of likely N-dealkylation sites (tertiary alicyclic amines) is 1. The maximum absolute atomic E-state index is 13.2. The number of hydrogen-bond donors (Lipinski definition) is 2. The topological polar surface area (TPSA) is 84.1 Å². The van der Waals surface area contributed by atoms with Crippen molar-refractivity contribution in [2.45, 2.75) is 32.6 Å². The fourth-order valence-electron chi connectivity index (χ4n) is 4.34. The van der Waals surface area contributed by atoms with Crippen molar-refractivity contribution < 1.29 is 4.79 Å². The van der Waals surface area contributed by atoms with Crippen molar-refractivity contribution in [2.75, 3.05) is 37.7 Å². The maximum atomic E-state index is 13.2. The molecule has 1 aliphatic rings. The molecule has 0 amide bonds. The molecule has 3 aromatic rings. The molecule has 2 aromatic heterocycles. The predicted octanol–water partition coefficient (Wildman–Crippen LogP) is 4.09. The molecule has 0 aliphatic carbocycles. The standard InChI is InChI=1S/C25H31N5O/c1-17-7-11-28-25(29-16-19-9-13-30(2)14-10-19)23(17)22(31)6-4-18-3-5-21-20(15-18)8-12-27-24(21)26/h3,5,7-8,11-12,15,19H,4,6,9-10,13-14,16H2,1-2H3,(H2,26,27)(H,28,29). The zero-order valence-electron chi connectivity index (χ0n) is 18.4. The first-order chi connectivity index (χ1) is 15.0. The van der Waals surface area contributed by atoms with Crippen LogP contribution in [0.15, 0.2) is 42.7 Å². The molecular formula is C25H31N5O. The average molecular weight is 418 g/mol. The van der Waals surface area contributed by atoms with Gasteiger partial charge in [-0.05, 0) is 80.9 Å². The first kappa shape index (κ1) is 21.2. The van der Waals surface area contributed by atoms with Crippen LogP contribution >= 0.6 is 0 Å². The molecule has 3 N–H and O–H groups in total. The number of nitrogens with two attached hydrogens (primary N) is 1. The summed E-state index contributed by atoms with van der Waals surface area (Å²) in [5.74, 6) is 2.01. The third-order valence-electron chi connectivity index (χ3n) is 6.33. The van der Waals surface area contributed by atoms with Gasteiger partial charge < -0.3 is 16.0 Å². The van der Waals surface area contributed by atoms with Crippen molar-refractivity contribution in [3.63, 3.8) is 0 Å². The smallest absolute Gasteiger partial charge is 0.167 e. The number of nitrogens with zero attached hydrogens (tertiary/aromatic N) is 3. The second-order valence-electron chi connectivity index (χ2n) is 8.65. The van der Waals surface area contributed by atoms with E-state index in [1.807, 2.05) is 31.2 Å². The Kier molecular flexibility index (Phi) is 6.47. The molecule has 6 nitrogen and oxygen atoms in total. The quantitative estimate of drug-likeness (QED) is 0.563. The highest BCUT2D eigenvalue weighted by Crippen LogP contribution is 2.24. The number of fused-ring (bicyclic) bond motifs is 1. The maximum Gasteiger partial charge on any atom is 0.167 e. The highest BCUT2D eigenvalue weighted by Gasteiger charge is 2.19. The van der Waals surface area contributed by atoms with Gasteiger partial charge in [-0.1, -0.05) is 18.2 Å². The van der Waals surface area contributed by atoms with E-state index in [2.05, 4.69) is 33.3 Å². The van der Waals surface area contributed by atoms with Crippen molar-refractivity contribution in [2.24, 2.45) is 5.92 Å². The molecule has 0 saturated carbocycles. The number of anilines is 2. The largest absolute Gasteiger partial charge is 0.383 e. The van der Waals surface area contributed by atoms with Gasteiger partial charge in [-0.15, -0.1) is 0 Å². The number of rotatable bonds is 7. The van der Waals surface area contributed by atoms with E-state index in [1.54, 1.807) is 12.4 Å². The van der Waals surface area contributed by atoms with Gasteiger partial charge in [0.05, 0.1) is 5.56 Å². The van der Waals surface area contributed by atoms with Crippen LogP contribution in [0.1, 0.15) is 40.7 Å². The number of pyridine rings is 2. The van der Waals surface area contributed by atoms with Gasteiger partial charge in [-0.3, -0.25) is 4.79 Å². The summed E-state index contributed by atoms with van der Waals surface area (Å²) in [7, 11) is 2.17. The minimum absolute atomic E-state index is 0.130. The molecule has 0 bridgehead atoms. The van der Waals surface area contributed by atoms with Gasteiger partial charge in [-0.25, -0.2) is 9.97 Å². The zero-order chi connectivity index (χ0) is 21.8. The van der Waals surface area contributed by atoms with Crippen molar-refractivity contribution in [3.8, 4) is 0 Å². The van der Waals surface area contributed by atoms with Crippen LogP contribution in [0.5, 0.6) is 0 Å². The van der Waals surface area contributed by atoms with Gasteiger partial charge in [0.2, 0.25) is 0 Å². The van der Waals surface area contributed by atoms with Gasteiger partial charge in [0.25, 0.3) is 0 Å². The molecular weight excluding hydrogens is 386 g/mol. The summed E-state index contributed by atoms with van der Waals surface area (Å²) in [6.45, 7) is 5.12. The lowest BCUT2D eigenvalue weighted by Crippen LogP contribution is -2.33. The Hall–Kier alpha value is -2.99. The van der Waals surface area contributed by atoms with E-state index in [4.69, 9.17) is 5.73 Å². The number of piperidine rings is 1. The van der Waals surface area contributed by atoms with Crippen molar-refractivity contribution in [3.05, 3.63) is 59.4 Å². The summed E-state index contributed by atoms with van der Waals surface area (Å²) in [5.41, 5.74) is 8.77. The summed E-state index contributed by atoms with van der Waals surface area (Å²) in [6.07, 6.45) is 6.99. The fourth-order valence-corrected chi connectivity index (χ4v) is 4.34. The van der Waals surface area contributed by atoms with E-state index in [0.29, 0.717) is 24.6 Å². The Morgan fingerprint density at radius 3 is 2.74 bits per heavy atom. The Balaban J connectivity index is 1.43. The van der Waals surface area contributed by atoms with Gasteiger partial charge in [0.1, 0.15) is 11.6 Å². The summed E-state index contributed by atoms with van der Waals surface area (Å²) >= 11 is 0. The molecule has 0 unspecified atom stereocenters. The van der Waals surface area contributed by atoms with E-state index in [9.17, 15) is 4.79 Å². The lowest BCUT2D eigenvalue weighted by atomic mass is 9.96. The highest BCUT2D eigenvalue weighted by molar-refractivity contribution is 6.02. The first-order valence-corrected chi connectivity index (χ1v) is 11.1. The molecule has 1 saturated heterocycles. The number of ketones is 1. The third kappa shape index (κ3) is 5.02. The fraction of sp³-hybridized carbons (Fsp3) is 0.400. The first-order valence-electron chi connectivity index (χ1n) is 11.1. The monoisotopic (exact) mass is 417 g/mol. The van der Waals surface area contributed by atoms with E-state index < -0.39 is 0 Å². The summed E-state index contributed by atoms with van der Waals surface area (Å²) in [6, 6.07) is 9.98. The van der Waals surface area contributed by atoms with Gasteiger partial charge >= 0.3 is 0 Å². The van der Waals surface area contributed by atoms with E-state index in [0.717, 1.165) is 52.9 Å². The van der Waals surface area contributed by atoms with Crippen LogP contribution in [-0.2, 0) is 6.42 Å². The van der Waals surface area contributed by atoms with Crippen LogP contribution in [0.3, 0.4) is 0 Å². The number of nitrogen functional groups attached to an aromatic ring is 1. The van der Waals surface area contributed by atoms with Gasteiger partial charge in [0, 0.05) is 30.7 Å². The van der Waals surface area contributed by atoms with Crippen LogP contribution in [-0.4, -0.2) is 47.3 Å². The molecule has 0 atom stereocenters. The van der Waals surface area contributed by atoms with Crippen LogP contribution in [0.25, 0.3) is 10.8 Å². The lowest BCUT2D eigenvalue weighted by Gasteiger charge is -2.29. The number of carbonyl (C=O) groups is 1. The molecule has 1 aliphatic heterocycles. The van der Waals surface area contributed by atoms with Gasteiger partial charge in [-0.2, -0.15) is 0 Å². The second kappa shape index (κ2) is 9.43. The second-order valence-corrected chi connectivity index (χ2v) is 8.65. The molecule has 162 valence electrons. The summed E-state index contributed by atoms with van der Waals surface area (Å²) < 4.78 is 0. The molecule has 0 radical (unpaired) electrons. The third-order valence-corrected chi connectivity index (χ3v) is 6.33. The number of Topliss-reactive ketones (excluding diaryl/α,β-unsaturated/α-hetero) is 1. The number of hydrogen-bond acceptors (Lipinski definition) is 6. The number of aryl methyl sites for hydroxylation is 2. The van der Waals surface area contributed by atoms with Crippen LogP contribution < -0.4 is 11.1 Å². The normalized spacial score (nSPS) is 15.3. The number of benzene rings is 1. The summed E-state index contributed by atoms with van der Waals surface area (Å²) in [4.78, 5) is 24.2. The minimum atomic E-state index is 0.130. The van der Waals surface area contributed by atoms with Crippen LogP contribution in [0.2, 0.25) is 0 Å². The van der Waals surface area contributed by atoms with Crippen molar-refractivity contribution >= 4 is 28.2 Å². The van der Waals surface area contributed by atoms with E-state index >= 15 is 0 Å². The molecule has 0 spiro atoms. The van der Waals surface area contributed by atoms with Crippen molar-refractivity contribution in [1.29, 1.82) is 0 Å². The molecule has 6 heteroatoms. The lowest BCUT2D eigenvalue weighted by molar-refractivity contribution is 0.0982. The predicted molar refractivity (Wildman–Crippen MR) is 126 cm³/mol. The molecule has 4 rings (SSSR count). The van der Waals surface area contributed by atoms with Crippen molar-refractivity contribution in [1.82, 2.24) is 14.9 Å². The Labute approximate surface area is 183 Å². The minimum Gasteiger partial charge on any atom is -0.383 e. The SMILES string of the molecule is Cc1ccnc(NCC2CCN(C)CC2)c1C(=O)CCc1ccc2c(N)nccc2c1. The number of aromatic nitrogens is 2. The number of nitrogens with one attached hydrogen (secondary N) is 1. The van der Waals surface area contributed by atoms with Crippen LogP contribution in [0, 0.1) is 12.8 Å². The van der Waals surface area contributed by atoms with Crippen LogP contribution in [0.4, 0.5) is 11.6 Å². The average Bonchev–Trinajstić information content (AvgIpc) is 2.77. The highest BCUT2D eigenvalue weighted by atomic mass is 16.1. The zero-order valence-corrected chi connectivity index (χ0v) is 18.4. The summed E-state index contributed by atoms with van der Waals surface area (Å²) in [5, 5.41) is 5.47. The molecule has 1 fully saturated rings. The van der Waals surface area contributed by atoms with E-state index in [1.165, 1.54) is 12.8 Å². The Morgan fingerprint density at radius 1 is 1.16 bits per heavy atom. The number of carbonyl (C=O) groups excluding carboxylic acids is 1. The van der Waals surface area contributed by atoms with E-state index in [-0.39, 0.29) is 5.78 Å². The van der Waals surface area contributed by atoms with Gasteiger partial charge in [0.15, 0.2) is 5.78 Å². The Bertz CT molecular complexity index is 1070. The molecule has 3 heterocycles.